The van der Waals surface area contributed by atoms with Crippen LogP contribution in [0.2, 0.25) is 0 Å². The number of nitrogens with one attached hydrogen (secondary N) is 2. The summed E-state index contributed by atoms with van der Waals surface area (Å²) in [4.78, 5) is 16.3. The van der Waals surface area contributed by atoms with E-state index in [1.165, 1.54) is 18.2 Å². The minimum atomic E-state index is -4.58. The van der Waals surface area contributed by atoms with Crippen LogP contribution < -0.4 is 10.6 Å². The zero-order chi connectivity index (χ0) is 19.4. The molecule has 0 aliphatic rings. The van der Waals surface area contributed by atoms with Crippen molar-refractivity contribution in [3.05, 3.63) is 65.0 Å². The molecule has 3 aromatic rings. The Morgan fingerprint density at radius 1 is 1.07 bits per heavy atom. The highest BCUT2D eigenvalue weighted by molar-refractivity contribution is 7.14. The smallest absolute Gasteiger partial charge is 0.307 e. The number of hydrogen-bond acceptors (Lipinski definition) is 4. The number of nitriles is 1. The van der Waals surface area contributed by atoms with E-state index in [2.05, 4.69) is 15.6 Å². The van der Waals surface area contributed by atoms with Crippen molar-refractivity contribution in [2.45, 2.75) is 6.18 Å². The highest BCUT2D eigenvalue weighted by atomic mass is 32.1. The van der Waals surface area contributed by atoms with E-state index in [1.54, 1.807) is 29.6 Å². The lowest BCUT2D eigenvalue weighted by atomic mass is 10.1. The van der Waals surface area contributed by atoms with E-state index in [0.29, 0.717) is 11.3 Å². The number of anilines is 2. The summed E-state index contributed by atoms with van der Waals surface area (Å²) in [6.45, 7) is 0. The average molecular weight is 388 g/mol. The van der Waals surface area contributed by atoms with E-state index in [-0.39, 0.29) is 10.8 Å². The van der Waals surface area contributed by atoms with Crippen molar-refractivity contribution in [2.24, 2.45) is 0 Å². The van der Waals surface area contributed by atoms with Gasteiger partial charge in [-0.25, -0.2) is 9.78 Å². The van der Waals surface area contributed by atoms with Gasteiger partial charge < -0.3 is 5.32 Å². The van der Waals surface area contributed by atoms with Crippen LogP contribution in [0.25, 0.3) is 11.3 Å². The second-order valence-electron chi connectivity index (χ2n) is 5.35. The van der Waals surface area contributed by atoms with Crippen molar-refractivity contribution in [2.75, 3.05) is 10.6 Å². The largest absolute Gasteiger partial charge is 0.418 e. The van der Waals surface area contributed by atoms with E-state index in [9.17, 15) is 18.0 Å². The van der Waals surface area contributed by atoms with Gasteiger partial charge in [0.15, 0.2) is 5.13 Å². The molecule has 1 heterocycles. The number of halogens is 3. The minimum absolute atomic E-state index is 0.233. The topological polar surface area (TPSA) is 77.8 Å². The maximum Gasteiger partial charge on any atom is 0.418 e. The molecule has 9 heteroatoms. The Kier molecular flexibility index (Phi) is 5.09. The lowest BCUT2D eigenvalue weighted by Crippen LogP contribution is -2.21. The maximum atomic E-state index is 13.0. The Labute approximate surface area is 156 Å². The molecule has 0 unspecified atom stereocenters. The fourth-order valence-electron chi connectivity index (χ4n) is 2.27. The van der Waals surface area contributed by atoms with Gasteiger partial charge in [0.1, 0.15) is 0 Å². The van der Waals surface area contributed by atoms with Crippen LogP contribution in [0.15, 0.2) is 53.9 Å². The van der Waals surface area contributed by atoms with Crippen molar-refractivity contribution in [3.63, 3.8) is 0 Å². The normalized spacial score (nSPS) is 10.9. The summed E-state index contributed by atoms with van der Waals surface area (Å²) in [6, 6.07) is 12.6. The number of rotatable bonds is 3. The van der Waals surface area contributed by atoms with Gasteiger partial charge in [0.25, 0.3) is 0 Å². The van der Waals surface area contributed by atoms with Crippen molar-refractivity contribution in [1.29, 1.82) is 5.26 Å². The lowest BCUT2D eigenvalue weighted by molar-refractivity contribution is -0.136. The lowest BCUT2D eigenvalue weighted by Gasteiger charge is -2.13. The molecule has 0 aliphatic heterocycles. The van der Waals surface area contributed by atoms with Crippen molar-refractivity contribution in [3.8, 4) is 17.3 Å². The second-order valence-corrected chi connectivity index (χ2v) is 6.21. The number of carbonyl (C=O) groups excluding carboxylic acids is 1. The van der Waals surface area contributed by atoms with Crippen LogP contribution in [-0.4, -0.2) is 11.0 Å². The van der Waals surface area contributed by atoms with Gasteiger partial charge in [-0.3, -0.25) is 5.32 Å². The summed E-state index contributed by atoms with van der Waals surface area (Å²) in [5.74, 6) is 0. The summed E-state index contributed by atoms with van der Waals surface area (Å²) in [5, 5.41) is 15.3. The third-order valence-electron chi connectivity index (χ3n) is 3.52. The summed E-state index contributed by atoms with van der Waals surface area (Å²) >= 11 is 1.13. The van der Waals surface area contributed by atoms with Gasteiger partial charge in [0.05, 0.1) is 28.6 Å². The molecule has 2 aromatic carbocycles. The number of carbonyl (C=O) groups is 1. The second kappa shape index (κ2) is 7.47. The first kappa shape index (κ1) is 18.4. The molecule has 136 valence electrons. The zero-order valence-electron chi connectivity index (χ0n) is 13.5. The fraction of sp³-hybridized carbons (Fsp3) is 0.0556. The summed E-state index contributed by atoms with van der Waals surface area (Å²) in [6.07, 6.45) is -4.58. The van der Waals surface area contributed by atoms with Crippen LogP contribution in [0.1, 0.15) is 11.1 Å². The summed E-state index contributed by atoms with van der Waals surface area (Å²) in [7, 11) is 0. The number of nitrogens with zero attached hydrogens (tertiary/aromatic N) is 2. The van der Waals surface area contributed by atoms with Gasteiger partial charge in [-0.1, -0.05) is 24.3 Å². The van der Waals surface area contributed by atoms with E-state index in [1.807, 2.05) is 6.07 Å². The number of alkyl halides is 3. The molecule has 1 aromatic heterocycles. The Morgan fingerprint density at radius 2 is 1.78 bits per heavy atom. The van der Waals surface area contributed by atoms with Crippen molar-refractivity contribution in [1.82, 2.24) is 4.98 Å². The number of thiazole rings is 1. The van der Waals surface area contributed by atoms with Crippen molar-refractivity contribution < 1.29 is 18.0 Å². The highest BCUT2D eigenvalue weighted by Gasteiger charge is 2.33. The summed E-state index contributed by atoms with van der Waals surface area (Å²) in [5.41, 5.74) is 0.565. The molecule has 0 aliphatic carbocycles. The number of hydrogen-bond donors (Lipinski definition) is 2. The molecule has 27 heavy (non-hydrogen) atoms. The van der Waals surface area contributed by atoms with Gasteiger partial charge in [-0.05, 0) is 24.3 Å². The van der Waals surface area contributed by atoms with Gasteiger partial charge in [0.2, 0.25) is 0 Å². The summed E-state index contributed by atoms with van der Waals surface area (Å²) < 4.78 is 38.9. The molecule has 0 atom stereocenters. The molecule has 0 spiro atoms. The Hall–Kier alpha value is -3.38. The fourth-order valence-corrected chi connectivity index (χ4v) is 2.98. The Morgan fingerprint density at radius 3 is 2.44 bits per heavy atom. The molecular formula is C18H11F3N4OS. The van der Waals surface area contributed by atoms with E-state index in [0.717, 1.165) is 23.0 Å². The molecule has 0 saturated carbocycles. The van der Waals surface area contributed by atoms with Crippen LogP contribution in [0.3, 0.4) is 0 Å². The zero-order valence-corrected chi connectivity index (χ0v) is 14.4. The van der Waals surface area contributed by atoms with E-state index in [4.69, 9.17) is 5.26 Å². The molecule has 3 rings (SSSR count). The van der Waals surface area contributed by atoms with Gasteiger partial charge >= 0.3 is 12.2 Å². The third-order valence-corrected chi connectivity index (χ3v) is 4.27. The monoisotopic (exact) mass is 388 g/mol. The van der Waals surface area contributed by atoms with Crippen LogP contribution in [-0.2, 0) is 6.18 Å². The molecular weight excluding hydrogens is 377 g/mol. The van der Waals surface area contributed by atoms with Gasteiger partial charge in [0, 0.05) is 10.9 Å². The molecule has 5 nitrogen and oxygen atoms in total. The number of para-hydroxylation sites is 1. The van der Waals surface area contributed by atoms with Crippen molar-refractivity contribution >= 4 is 28.2 Å². The number of urea groups is 1. The molecule has 2 amide bonds. The quantitative estimate of drug-likeness (QED) is 0.635. The standard InChI is InChI=1S/C18H11F3N4OS/c19-18(20,21)13-3-1-2-4-14(13)23-16(26)25-17-24-15(10-27-17)12-7-5-11(9-22)6-8-12/h1-8,10H,(H2,23,24,25,26). The maximum absolute atomic E-state index is 13.0. The molecule has 2 N–H and O–H groups in total. The van der Waals surface area contributed by atoms with Gasteiger partial charge in [-0.2, -0.15) is 18.4 Å². The predicted molar refractivity (Wildman–Crippen MR) is 96.4 cm³/mol. The van der Waals surface area contributed by atoms with Crippen LogP contribution in [0.5, 0.6) is 0 Å². The Bertz CT molecular complexity index is 1010. The molecule has 0 radical (unpaired) electrons. The first-order valence-corrected chi connectivity index (χ1v) is 8.45. The molecule has 0 fully saturated rings. The number of aromatic nitrogens is 1. The first-order chi connectivity index (χ1) is 12.9. The third kappa shape index (κ3) is 4.43. The SMILES string of the molecule is N#Cc1ccc(-c2csc(NC(=O)Nc3ccccc3C(F)(F)F)n2)cc1. The molecule has 0 bridgehead atoms. The van der Waals surface area contributed by atoms with Crippen LogP contribution in [0.4, 0.5) is 28.8 Å². The minimum Gasteiger partial charge on any atom is -0.307 e. The predicted octanol–water partition coefficient (Wildman–Crippen LogP) is 5.34. The Balaban J connectivity index is 1.71. The average Bonchev–Trinajstić information content (AvgIpc) is 3.09. The van der Waals surface area contributed by atoms with Gasteiger partial charge in [-0.15, -0.1) is 11.3 Å². The number of amides is 2. The molecule has 0 saturated heterocycles. The van der Waals surface area contributed by atoms with Crippen LogP contribution in [0, 0.1) is 11.3 Å². The highest BCUT2D eigenvalue weighted by Crippen LogP contribution is 2.34. The van der Waals surface area contributed by atoms with E-state index >= 15 is 0 Å². The first-order valence-electron chi connectivity index (χ1n) is 7.57. The number of benzene rings is 2. The van der Waals surface area contributed by atoms with Crippen LogP contribution >= 0.6 is 11.3 Å². The van der Waals surface area contributed by atoms with E-state index < -0.39 is 17.8 Å².